The lowest BCUT2D eigenvalue weighted by atomic mass is 10.1. The van der Waals surface area contributed by atoms with E-state index in [4.69, 9.17) is 23.4 Å². The largest absolute Gasteiger partial charge is 0.497 e. The molecule has 0 spiro atoms. The summed E-state index contributed by atoms with van der Waals surface area (Å²) in [4.78, 5) is 12.2. The Hall–Kier alpha value is -3.15. The molecule has 3 aromatic rings. The lowest BCUT2D eigenvalue weighted by Crippen LogP contribution is -2.03. The number of benzene rings is 2. The second kappa shape index (κ2) is 7.39. The first-order valence-corrected chi connectivity index (χ1v) is 8.00. The minimum atomic E-state index is -0.465. The topological polar surface area (TPSA) is 67.1 Å². The Morgan fingerprint density at radius 1 is 0.962 bits per heavy atom. The Labute approximate surface area is 151 Å². The molecule has 26 heavy (non-hydrogen) atoms. The molecule has 0 fully saturated rings. The van der Waals surface area contributed by atoms with Crippen LogP contribution in [0, 0.1) is 0 Å². The van der Waals surface area contributed by atoms with Gasteiger partial charge in [-0.05, 0) is 29.8 Å². The van der Waals surface area contributed by atoms with Gasteiger partial charge < -0.3 is 23.4 Å². The van der Waals surface area contributed by atoms with Crippen LogP contribution >= 0.6 is 0 Å². The third-order valence-electron chi connectivity index (χ3n) is 4.15. The second-order valence-corrected chi connectivity index (χ2v) is 5.63. The molecule has 0 bridgehead atoms. The number of carbonyl (C=O) groups is 1. The third kappa shape index (κ3) is 3.18. The molecule has 6 heteroatoms. The van der Waals surface area contributed by atoms with E-state index in [2.05, 4.69) is 0 Å². The Morgan fingerprint density at radius 3 is 2.27 bits per heavy atom. The van der Waals surface area contributed by atoms with Crippen molar-refractivity contribution in [2.24, 2.45) is 0 Å². The van der Waals surface area contributed by atoms with E-state index < -0.39 is 5.97 Å². The Bertz CT molecular complexity index is 924. The molecule has 0 radical (unpaired) electrons. The van der Waals surface area contributed by atoms with E-state index in [1.54, 1.807) is 13.2 Å². The van der Waals surface area contributed by atoms with Gasteiger partial charge in [-0.1, -0.05) is 12.1 Å². The van der Waals surface area contributed by atoms with Crippen LogP contribution in [-0.2, 0) is 11.2 Å². The summed E-state index contributed by atoms with van der Waals surface area (Å²) in [6.07, 6.45) is 0.560. The van der Waals surface area contributed by atoms with Crippen LogP contribution in [0.1, 0.15) is 21.7 Å². The number of esters is 1. The number of hydrogen-bond donors (Lipinski definition) is 0. The van der Waals surface area contributed by atoms with Gasteiger partial charge in [0.25, 0.3) is 0 Å². The number of carbonyl (C=O) groups excluding carboxylic acids is 1. The lowest BCUT2D eigenvalue weighted by Gasteiger charge is -2.10. The van der Waals surface area contributed by atoms with E-state index >= 15 is 0 Å². The first-order chi connectivity index (χ1) is 12.6. The van der Waals surface area contributed by atoms with E-state index in [0.717, 1.165) is 11.3 Å². The van der Waals surface area contributed by atoms with Gasteiger partial charge >= 0.3 is 5.97 Å². The maximum Gasteiger partial charge on any atom is 0.338 e. The van der Waals surface area contributed by atoms with Crippen molar-refractivity contribution < 1.29 is 28.2 Å². The summed E-state index contributed by atoms with van der Waals surface area (Å²) in [5, 5.41) is 0.623. The molecule has 0 saturated heterocycles. The Morgan fingerprint density at radius 2 is 1.69 bits per heavy atom. The fourth-order valence-corrected chi connectivity index (χ4v) is 2.85. The zero-order valence-electron chi connectivity index (χ0n) is 15.1. The summed E-state index contributed by atoms with van der Waals surface area (Å²) in [5.41, 5.74) is 1.87. The molecule has 1 aromatic heterocycles. The molecule has 0 aliphatic rings. The monoisotopic (exact) mass is 356 g/mol. The molecular formula is C20H20O6. The van der Waals surface area contributed by atoms with Gasteiger partial charge in [0.2, 0.25) is 5.75 Å². The van der Waals surface area contributed by atoms with Crippen molar-refractivity contribution in [3.8, 4) is 17.2 Å². The van der Waals surface area contributed by atoms with Gasteiger partial charge in [-0.3, -0.25) is 0 Å². The smallest absolute Gasteiger partial charge is 0.338 e. The van der Waals surface area contributed by atoms with Crippen LogP contribution in [0.5, 0.6) is 17.2 Å². The highest BCUT2D eigenvalue weighted by atomic mass is 16.5. The normalized spacial score (nSPS) is 10.6. The molecule has 1 heterocycles. The lowest BCUT2D eigenvalue weighted by molar-refractivity contribution is 0.0602. The molecule has 3 rings (SSSR count). The zero-order chi connectivity index (χ0) is 18.7. The number of hydrogen-bond acceptors (Lipinski definition) is 6. The summed E-state index contributed by atoms with van der Waals surface area (Å²) >= 11 is 0. The molecule has 2 aromatic carbocycles. The van der Waals surface area contributed by atoms with E-state index in [-0.39, 0.29) is 0 Å². The highest BCUT2D eigenvalue weighted by molar-refractivity contribution is 6.06. The fraction of sp³-hybridized carbons (Fsp3) is 0.250. The standard InChI is InChI=1S/C20H20O6/c1-22-13-7-5-12(6-8-13)9-14-10-15-16(20(21)25-4)11-17(23-2)19(24-3)18(15)26-14/h5-8,10-11H,9H2,1-4H3. The van der Waals surface area contributed by atoms with Crippen LogP contribution in [0.15, 0.2) is 40.8 Å². The molecule has 6 nitrogen and oxygen atoms in total. The van der Waals surface area contributed by atoms with Crippen molar-refractivity contribution in [3.63, 3.8) is 0 Å². The molecule has 0 N–H and O–H groups in total. The summed E-state index contributed by atoms with van der Waals surface area (Å²) in [5.74, 6) is 1.87. The second-order valence-electron chi connectivity index (χ2n) is 5.63. The predicted molar refractivity (Wildman–Crippen MR) is 96.5 cm³/mol. The first kappa shape index (κ1) is 17.7. The zero-order valence-corrected chi connectivity index (χ0v) is 15.1. The highest BCUT2D eigenvalue weighted by Gasteiger charge is 2.22. The van der Waals surface area contributed by atoms with Crippen molar-refractivity contribution in [1.29, 1.82) is 0 Å². The average molecular weight is 356 g/mol. The number of rotatable bonds is 6. The highest BCUT2D eigenvalue weighted by Crippen LogP contribution is 2.40. The van der Waals surface area contributed by atoms with Gasteiger partial charge in [-0.2, -0.15) is 0 Å². The van der Waals surface area contributed by atoms with Gasteiger partial charge in [0.1, 0.15) is 11.5 Å². The van der Waals surface area contributed by atoms with Crippen LogP contribution in [0.3, 0.4) is 0 Å². The van der Waals surface area contributed by atoms with Crippen molar-refractivity contribution >= 4 is 16.9 Å². The van der Waals surface area contributed by atoms with Gasteiger partial charge in [-0.25, -0.2) is 4.79 Å². The van der Waals surface area contributed by atoms with E-state index in [9.17, 15) is 4.79 Å². The van der Waals surface area contributed by atoms with Crippen LogP contribution in [0.4, 0.5) is 0 Å². The molecule has 0 saturated carbocycles. The number of ether oxygens (including phenoxy) is 4. The maximum atomic E-state index is 12.2. The number of methoxy groups -OCH3 is 4. The Balaban J connectivity index is 2.08. The van der Waals surface area contributed by atoms with E-state index in [0.29, 0.717) is 40.2 Å². The van der Waals surface area contributed by atoms with E-state index in [1.807, 2.05) is 30.3 Å². The molecular weight excluding hydrogens is 336 g/mol. The van der Waals surface area contributed by atoms with Gasteiger partial charge in [-0.15, -0.1) is 0 Å². The van der Waals surface area contributed by atoms with Gasteiger partial charge in [0.05, 0.1) is 34.0 Å². The SMILES string of the molecule is COC(=O)c1cc(OC)c(OC)c2oc(Cc3ccc(OC)cc3)cc12. The molecule has 0 atom stereocenters. The third-order valence-corrected chi connectivity index (χ3v) is 4.15. The van der Waals surface area contributed by atoms with Crippen LogP contribution < -0.4 is 14.2 Å². The Kier molecular flexibility index (Phi) is 5.02. The number of fused-ring (bicyclic) bond motifs is 1. The van der Waals surface area contributed by atoms with Crippen LogP contribution in [0.2, 0.25) is 0 Å². The quantitative estimate of drug-likeness (QED) is 0.625. The van der Waals surface area contributed by atoms with E-state index in [1.165, 1.54) is 21.3 Å². The van der Waals surface area contributed by atoms with Gasteiger partial charge in [0, 0.05) is 11.8 Å². The molecule has 0 aliphatic carbocycles. The predicted octanol–water partition coefficient (Wildman–Crippen LogP) is 3.84. The van der Waals surface area contributed by atoms with Crippen molar-refractivity contribution in [2.45, 2.75) is 6.42 Å². The summed E-state index contributed by atoms with van der Waals surface area (Å²) < 4.78 is 26.8. The fourth-order valence-electron chi connectivity index (χ4n) is 2.85. The minimum absolute atomic E-state index is 0.366. The van der Waals surface area contributed by atoms with Crippen molar-refractivity contribution in [3.05, 3.63) is 53.3 Å². The molecule has 0 aliphatic heterocycles. The average Bonchev–Trinajstić information content (AvgIpc) is 3.09. The van der Waals surface area contributed by atoms with Crippen LogP contribution in [0.25, 0.3) is 11.0 Å². The minimum Gasteiger partial charge on any atom is -0.497 e. The van der Waals surface area contributed by atoms with Crippen molar-refractivity contribution in [1.82, 2.24) is 0 Å². The molecule has 136 valence electrons. The maximum absolute atomic E-state index is 12.2. The van der Waals surface area contributed by atoms with Crippen molar-refractivity contribution in [2.75, 3.05) is 28.4 Å². The van der Waals surface area contributed by atoms with Gasteiger partial charge in [0.15, 0.2) is 11.3 Å². The molecule has 0 amide bonds. The number of furan rings is 1. The van der Waals surface area contributed by atoms with Crippen LogP contribution in [-0.4, -0.2) is 34.4 Å². The first-order valence-electron chi connectivity index (χ1n) is 8.00. The summed E-state index contributed by atoms with van der Waals surface area (Å²) in [6, 6.07) is 11.1. The summed E-state index contributed by atoms with van der Waals surface area (Å²) in [6.45, 7) is 0. The molecule has 0 unspecified atom stereocenters. The summed E-state index contributed by atoms with van der Waals surface area (Å²) in [7, 11) is 6.00.